The molecule has 0 unspecified atom stereocenters. The van der Waals surface area contributed by atoms with Crippen molar-refractivity contribution < 1.29 is 4.52 Å². The van der Waals surface area contributed by atoms with Crippen LogP contribution in [-0.4, -0.2) is 24.9 Å². The van der Waals surface area contributed by atoms with Gasteiger partial charge in [-0.3, -0.25) is 0 Å². The molecule has 0 amide bonds. The van der Waals surface area contributed by atoms with Crippen molar-refractivity contribution in [3.63, 3.8) is 0 Å². The zero-order valence-corrected chi connectivity index (χ0v) is 14.9. The molecule has 4 rings (SSSR count). The predicted octanol–water partition coefficient (Wildman–Crippen LogP) is 3.86. The summed E-state index contributed by atoms with van der Waals surface area (Å²) in [5.74, 6) is 1.90. The third kappa shape index (κ3) is 2.53. The summed E-state index contributed by atoms with van der Waals surface area (Å²) < 4.78 is 7.41. The number of nitrogens with two attached hydrogens (primary N) is 1. The van der Waals surface area contributed by atoms with Crippen LogP contribution in [0, 0.1) is 6.92 Å². The molecule has 0 saturated heterocycles. The monoisotopic (exact) mass is 328 g/mol. The fraction of sp³-hybridized carbons (Fsp3) is 0.529. The zero-order chi connectivity index (χ0) is 17.4. The largest absolute Gasteiger partial charge is 0.383 e. The van der Waals surface area contributed by atoms with E-state index in [1.165, 1.54) is 19.2 Å². The molecule has 128 valence electrons. The number of aromatic nitrogens is 5. The highest BCUT2D eigenvalue weighted by molar-refractivity contribution is 5.98. The summed E-state index contributed by atoms with van der Waals surface area (Å²) in [5, 5.41) is 9.68. The standard InChI is InChI=1S/C15H18N6O.C2H6/c1-7(2)21-15-10(14(16)17-6-18-15)12(19-21)11-8(3)13(22-20-11)9-4-5-9;1-2/h6-7,9H,4-5H2,1-3H3,(H2,16,17,18);1-2H3. The first-order chi connectivity index (χ1) is 11.6. The minimum Gasteiger partial charge on any atom is -0.383 e. The van der Waals surface area contributed by atoms with Crippen LogP contribution < -0.4 is 5.73 Å². The Balaban J connectivity index is 0.000000815. The van der Waals surface area contributed by atoms with Crippen molar-refractivity contribution in [2.24, 2.45) is 0 Å². The second-order valence-corrected chi connectivity index (χ2v) is 6.14. The van der Waals surface area contributed by atoms with E-state index in [-0.39, 0.29) is 6.04 Å². The van der Waals surface area contributed by atoms with E-state index in [0.717, 1.165) is 28.1 Å². The number of hydrogen-bond donors (Lipinski definition) is 1. The smallest absolute Gasteiger partial charge is 0.164 e. The first-order valence-corrected chi connectivity index (χ1v) is 8.53. The van der Waals surface area contributed by atoms with Crippen molar-refractivity contribution in [3.05, 3.63) is 17.7 Å². The molecular weight excluding hydrogens is 304 g/mol. The Kier molecular flexibility index (Phi) is 4.26. The van der Waals surface area contributed by atoms with Gasteiger partial charge in [0.1, 0.15) is 29.3 Å². The minimum absolute atomic E-state index is 0.167. The quantitative estimate of drug-likeness (QED) is 0.784. The van der Waals surface area contributed by atoms with Crippen LogP contribution in [0.3, 0.4) is 0 Å². The molecule has 3 aromatic rings. The van der Waals surface area contributed by atoms with Gasteiger partial charge in [-0.1, -0.05) is 19.0 Å². The van der Waals surface area contributed by atoms with Gasteiger partial charge in [0.2, 0.25) is 0 Å². The maximum atomic E-state index is 6.07. The second kappa shape index (κ2) is 6.22. The molecule has 1 saturated carbocycles. The lowest BCUT2D eigenvalue weighted by molar-refractivity contribution is 0.385. The number of rotatable bonds is 3. The Morgan fingerprint density at radius 3 is 2.54 bits per heavy atom. The molecule has 0 radical (unpaired) electrons. The molecule has 24 heavy (non-hydrogen) atoms. The van der Waals surface area contributed by atoms with Crippen LogP contribution in [-0.2, 0) is 0 Å². The summed E-state index contributed by atoms with van der Waals surface area (Å²) in [7, 11) is 0. The molecule has 2 N–H and O–H groups in total. The summed E-state index contributed by atoms with van der Waals surface area (Å²) in [4.78, 5) is 8.45. The number of nitrogens with zero attached hydrogens (tertiary/aromatic N) is 5. The van der Waals surface area contributed by atoms with Crippen molar-refractivity contribution in [1.82, 2.24) is 24.9 Å². The topological polar surface area (TPSA) is 95.7 Å². The molecule has 3 heterocycles. The lowest BCUT2D eigenvalue weighted by Gasteiger charge is -2.05. The molecule has 1 aliphatic carbocycles. The van der Waals surface area contributed by atoms with Crippen LogP contribution in [0.15, 0.2) is 10.9 Å². The normalized spacial score (nSPS) is 14.1. The second-order valence-electron chi connectivity index (χ2n) is 6.14. The lowest BCUT2D eigenvalue weighted by Crippen LogP contribution is -2.04. The summed E-state index contributed by atoms with van der Waals surface area (Å²) in [6.45, 7) is 10.1. The Bertz CT molecular complexity index is 859. The maximum Gasteiger partial charge on any atom is 0.164 e. The first kappa shape index (κ1) is 16.4. The maximum absolute atomic E-state index is 6.07. The summed E-state index contributed by atoms with van der Waals surface area (Å²) >= 11 is 0. The molecular formula is C17H24N6O. The average molecular weight is 328 g/mol. The molecule has 0 bridgehead atoms. The third-order valence-corrected chi connectivity index (χ3v) is 4.14. The van der Waals surface area contributed by atoms with Gasteiger partial charge >= 0.3 is 0 Å². The number of hydrogen-bond acceptors (Lipinski definition) is 6. The van der Waals surface area contributed by atoms with Crippen LogP contribution in [0.1, 0.15) is 63.8 Å². The Hall–Kier alpha value is -2.44. The molecule has 7 nitrogen and oxygen atoms in total. The van der Waals surface area contributed by atoms with Gasteiger partial charge in [0.25, 0.3) is 0 Å². The van der Waals surface area contributed by atoms with Crippen molar-refractivity contribution >= 4 is 16.9 Å². The molecule has 0 aliphatic heterocycles. The Labute approximate surface area is 141 Å². The van der Waals surface area contributed by atoms with E-state index < -0.39 is 0 Å². The highest BCUT2D eigenvalue weighted by Gasteiger charge is 2.32. The van der Waals surface area contributed by atoms with Crippen molar-refractivity contribution in [1.29, 1.82) is 0 Å². The van der Waals surface area contributed by atoms with Crippen molar-refractivity contribution in [2.45, 2.75) is 59.4 Å². The molecule has 1 aliphatic rings. The molecule has 7 heteroatoms. The van der Waals surface area contributed by atoms with Crippen LogP contribution in [0.25, 0.3) is 22.4 Å². The average Bonchev–Trinajstić information content (AvgIpc) is 3.23. The lowest BCUT2D eigenvalue weighted by atomic mass is 10.1. The SMILES string of the molecule is CC.Cc1c(-c2nn(C(C)C)c3ncnc(N)c23)noc1C1CC1. The van der Waals surface area contributed by atoms with E-state index in [9.17, 15) is 0 Å². The van der Waals surface area contributed by atoms with E-state index in [1.807, 2.05) is 25.5 Å². The highest BCUT2D eigenvalue weighted by atomic mass is 16.5. The van der Waals surface area contributed by atoms with E-state index in [4.69, 9.17) is 10.3 Å². The van der Waals surface area contributed by atoms with Gasteiger partial charge in [-0.25, -0.2) is 14.6 Å². The van der Waals surface area contributed by atoms with Crippen LogP contribution in [0.4, 0.5) is 5.82 Å². The molecule has 0 atom stereocenters. The minimum atomic E-state index is 0.167. The van der Waals surface area contributed by atoms with Gasteiger partial charge < -0.3 is 10.3 Å². The van der Waals surface area contributed by atoms with Gasteiger partial charge in [0, 0.05) is 17.5 Å². The summed E-state index contributed by atoms with van der Waals surface area (Å²) in [6, 6.07) is 0.167. The third-order valence-electron chi connectivity index (χ3n) is 4.14. The fourth-order valence-corrected chi connectivity index (χ4v) is 2.82. The van der Waals surface area contributed by atoms with Crippen LogP contribution in [0.5, 0.6) is 0 Å². The van der Waals surface area contributed by atoms with E-state index in [0.29, 0.717) is 17.4 Å². The van der Waals surface area contributed by atoms with Crippen LogP contribution in [0.2, 0.25) is 0 Å². The van der Waals surface area contributed by atoms with Crippen molar-refractivity contribution in [2.75, 3.05) is 5.73 Å². The molecule has 0 spiro atoms. The van der Waals surface area contributed by atoms with Crippen LogP contribution >= 0.6 is 0 Å². The first-order valence-electron chi connectivity index (χ1n) is 8.53. The molecule has 1 fully saturated rings. The van der Waals surface area contributed by atoms with E-state index in [2.05, 4.69) is 34.1 Å². The van der Waals surface area contributed by atoms with E-state index in [1.54, 1.807) is 0 Å². The number of fused-ring (bicyclic) bond motifs is 1. The van der Waals surface area contributed by atoms with Gasteiger partial charge in [0.15, 0.2) is 5.65 Å². The highest BCUT2D eigenvalue weighted by Crippen LogP contribution is 2.44. The summed E-state index contributed by atoms with van der Waals surface area (Å²) in [5.41, 5.74) is 9.29. The number of anilines is 1. The van der Waals surface area contributed by atoms with Gasteiger partial charge in [-0.05, 0) is 33.6 Å². The van der Waals surface area contributed by atoms with E-state index >= 15 is 0 Å². The Morgan fingerprint density at radius 2 is 1.92 bits per heavy atom. The Morgan fingerprint density at radius 1 is 1.21 bits per heavy atom. The van der Waals surface area contributed by atoms with Crippen molar-refractivity contribution in [3.8, 4) is 11.4 Å². The fourth-order valence-electron chi connectivity index (χ4n) is 2.82. The zero-order valence-electron chi connectivity index (χ0n) is 14.9. The van der Waals surface area contributed by atoms with Gasteiger partial charge in [-0.2, -0.15) is 5.10 Å². The van der Waals surface area contributed by atoms with Gasteiger partial charge in [0.05, 0.1) is 5.39 Å². The predicted molar refractivity (Wildman–Crippen MR) is 93.7 cm³/mol. The summed E-state index contributed by atoms with van der Waals surface area (Å²) in [6.07, 6.45) is 3.80. The number of nitrogen functional groups attached to an aromatic ring is 1. The molecule has 0 aromatic carbocycles. The molecule has 3 aromatic heterocycles. The van der Waals surface area contributed by atoms with Gasteiger partial charge in [-0.15, -0.1) is 0 Å².